The number of benzene rings is 1. The summed E-state index contributed by atoms with van der Waals surface area (Å²) in [5.41, 5.74) is 1.83. The molecule has 5 heteroatoms. The standard InChI is InChI=1S/C15H17BrN2O2/c1-10-2-4-12(13(16)8-10)15(20)17-6-7-18-11(9-17)3-5-14(18)19/h2,4,8,11H,3,5-7,9H2,1H3. The van der Waals surface area contributed by atoms with Gasteiger partial charge in [-0.25, -0.2) is 0 Å². The van der Waals surface area contributed by atoms with Gasteiger partial charge in [-0.1, -0.05) is 6.07 Å². The first kappa shape index (κ1) is 13.6. The number of halogens is 1. The number of piperazine rings is 1. The van der Waals surface area contributed by atoms with E-state index >= 15 is 0 Å². The minimum atomic E-state index is 0.0517. The Morgan fingerprint density at radius 1 is 1.35 bits per heavy atom. The highest BCUT2D eigenvalue weighted by Crippen LogP contribution is 2.25. The molecule has 2 fully saturated rings. The summed E-state index contributed by atoms with van der Waals surface area (Å²) in [5.74, 6) is 0.287. The van der Waals surface area contributed by atoms with Crippen molar-refractivity contribution in [2.24, 2.45) is 0 Å². The predicted molar refractivity (Wildman–Crippen MR) is 79.5 cm³/mol. The Morgan fingerprint density at radius 2 is 2.15 bits per heavy atom. The van der Waals surface area contributed by atoms with Crippen molar-refractivity contribution in [3.8, 4) is 0 Å². The molecule has 1 atom stereocenters. The van der Waals surface area contributed by atoms with Gasteiger partial charge in [-0.15, -0.1) is 0 Å². The maximum Gasteiger partial charge on any atom is 0.255 e. The minimum absolute atomic E-state index is 0.0517. The molecule has 2 aliphatic rings. The van der Waals surface area contributed by atoms with Crippen molar-refractivity contribution < 1.29 is 9.59 Å². The van der Waals surface area contributed by atoms with E-state index in [9.17, 15) is 9.59 Å². The fourth-order valence-corrected chi connectivity index (χ4v) is 3.68. The van der Waals surface area contributed by atoms with E-state index < -0.39 is 0 Å². The van der Waals surface area contributed by atoms with Crippen molar-refractivity contribution in [3.05, 3.63) is 33.8 Å². The van der Waals surface area contributed by atoms with Crippen LogP contribution in [0.15, 0.2) is 22.7 Å². The van der Waals surface area contributed by atoms with Gasteiger partial charge in [0.2, 0.25) is 5.91 Å². The van der Waals surface area contributed by atoms with E-state index in [-0.39, 0.29) is 17.9 Å². The molecule has 0 radical (unpaired) electrons. The summed E-state index contributed by atoms with van der Waals surface area (Å²) >= 11 is 3.47. The Kier molecular flexibility index (Phi) is 3.54. The second-order valence-corrected chi connectivity index (χ2v) is 6.37. The zero-order valence-corrected chi connectivity index (χ0v) is 13.0. The zero-order chi connectivity index (χ0) is 14.3. The molecule has 0 aromatic heterocycles. The summed E-state index contributed by atoms with van der Waals surface area (Å²) in [6.45, 7) is 3.95. The Balaban J connectivity index is 1.77. The van der Waals surface area contributed by atoms with Crippen molar-refractivity contribution in [2.75, 3.05) is 19.6 Å². The van der Waals surface area contributed by atoms with Gasteiger partial charge >= 0.3 is 0 Å². The van der Waals surface area contributed by atoms with Gasteiger partial charge in [0.05, 0.1) is 5.56 Å². The van der Waals surface area contributed by atoms with Crippen LogP contribution in [0.1, 0.15) is 28.8 Å². The molecule has 1 aromatic carbocycles. The molecule has 2 saturated heterocycles. The van der Waals surface area contributed by atoms with Gasteiger partial charge < -0.3 is 9.80 Å². The van der Waals surface area contributed by atoms with Crippen molar-refractivity contribution in [1.29, 1.82) is 0 Å². The normalized spacial score (nSPS) is 22.1. The first-order valence-corrected chi connectivity index (χ1v) is 7.70. The average Bonchev–Trinajstić information content (AvgIpc) is 2.79. The molecular weight excluding hydrogens is 320 g/mol. The molecule has 1 unspecified atom stereocenters. The van der Waals surface area contributed by atoms with Gasteiger partial charge in [-0.3, -0.25) is 9.59 Å². The van der Waals surface area contributed by atoms with Crippen LogP contribution in [0, 0.1) is 6.92 Å². The van der Waals surface area contributed by atoms with Crippen LogP contribution >= 0.6 is 15.9 Å². The van der Waals surface area contributed by atoms with Gasteiger partial charge in [-0.05, 0) is 47.0 Å². The lowest BCUT2D eigenvalue weighted by Gasteiger charge is -2.37. The fourth-order valence-electron chi connectivity index (χ4n) is 3.01. The number of hydrogen-bond acceptors (Lipinski definition) is 2. The first-order valence-electron chi connectivity index (χ1n) is 6.91. The Morgan fingerprint density at radius 3 is 2.90 bits per heavy atom. The van der Waals surface area contributed by atoms with E-state index in [4.69, 9.17) is 0 Å². The molecule has 0 bridgehead atoms. The third-order valence-corrected chi connectivity index (χ3v) is 4.79. The zero-order valence-electron chi connectivity index (χ0n) is 11.4. The third kappa shape index (κ3) is 2.35. The Bertz CT molecular complexity index is 573. The highest BCUT2D eigenvalue weighted by atomic mass is 79.9. The molecule has 0 spiro atoms. The summed E-state index contributed by atoms with van der Waals surface area (Å²) < 4.78 is 0.840. The van der Waals surface area contributed by atoms with E-state index in [1.165, 1.54) is 0 Å². The molecule has 2 aliphatic heterocycles. The van der Waals surface area contributed by atoms with Gasteiger partial charge in [0.1, 0.15) is 0 Å². The number of hydrogen-bond donors (Lipinski definition) is 0. The largest absolute Gasteiger partial charge is 0.336 e. The summed E-state index contributed by atoms with van der Waals surface area (Å²) in [4.78, 5) is 28.1. The van der Waals surface area contributed by atoms with Gasteiger partial charge in [0, 0.05) is 36.6 Å². The summed E-state index contributed by atoms with van der Waals surface area (Å²) in [6.07, 6.45) is 1.50. The summed E-state index contributed by atoms with van der Waals surface area (Å²) in [5, 5.41) is 0. The van der Waals surface area contributed by atoms with Crippen LogP contribution in [0.3, 0.4) is 0 Å². The van der Waals surface area contributed by atoms with Crippen LogP contribution in [0.5, 0.6) is 0 Å². The molecule has 1 aromatic rings. The highest BCUT2D eigenvalue weighted by Gasteiger charge is 2.37. The second kappa shape index (κ2) is 5.20. The minimum Gasteiger partial charge on any atom is -0.336 e. The molecule has 0 N–H and O–H groups in total. The summed E-state index contributed by atoms with van der Waals surface area (Å²) in [6, 6.07) is 5.99. The van der Waals surface area contributed by atoms with Crippen LogP contribution in [0.25, 0.3) is 0 Å². The van der Waals surface area contributed by atoms with E-state index in [2.05, 4.69) is 15.9 Å². The third-order valence-electron chi connectivity index (χ3n) is 4.14. The molecule has 4 nitrogen and oxygen atoms in total. The van der Waals surface area contributed by atoms with Crippen LogP contribution in [0.4, 0.5) is 0 Å². The lowest BCUT2D eigenvalue weighted by molar-refractivity contribution is -0.130. The molecule has 106 valence electrons. The van der Waals surface area contributed by atoms with Crippen LogP contribution in [-0.4, -0.2) is 47.3 Å². The number of carbonyl (C=O) groups excluding carboxylic acids is 2. The number of carbonyl (C=O) groups is 2. The molecule has 3 rings (SSSR count). The number of amides is 2. The molecule has 0 aliphatic carbocycles. The van der Waals surface area contributed by atoms with Gasteiger partial charge in [0.25, 0.3) is 5.91 Å². The number of nitrogens with zero attached hydrogens (tertiary/aromatic N) is 2. The number of fused-ring (bicyclic) bond motifs is 1. The average molecular weight is 337 g/mol. The molecule has 0 saturated carbocycles. The van der Waals surface area contributed by atoms with Crippen molar-refractivity contribution >= 4 is 27.7 Å². The predicted octanol–water partition coefficient (Wildman–Crippen LogP) is 2.20. The molecule has 2 amide bonds. The molecule has 2 heterocycles. The lowest BCUT2D eigenvalue weighted by atomic mass is 10.1. The monoisotopic (exact) mass is 336 g/mol. The second-order valence-electron chi connectivity index (χ2n) is 5.51. The maximum absolute atomic E-state index is 12.6. The van der Waals surface area contributed by atoms with E-state index in [0.29, 0.717) is 31.6 Å². The van der Waals surface area contributed by atoms with Gasteiger partial charge in [0.15, 0.2) is 0 Å². The molecular formula is C15H17BrN2O2. The first-order chi connectivity index (χ1) is 9.56. The fraction of sp³-hybridized carbons (Fsp3) is 0.467. The van der Waals surface area contributed by atoms with Crippen LogP contribution < -0.4 is 0 Å². The Labute approximate surface area is 126 Å². The van der Waals surface area contributed by atoms with E-state index in [1.54, 1.807) is 0 Å². The Hall–Kier alpha value is -1.36. The quantitative estimate of drug-likeness (QED) is 0.788. The van der Waals surface area contributed by atoms with E-state index in [0.717, 1.165) is 16.5 Å². The van der Waals surface area contributed by atoms with Crippen molar-refractivity contribution in [1.82, 2.24) is 9.80 Å². The van der Waals surface area contributed by atoms with Gasteiger partial charge in [-0.2, -0.15) is 0 Å². The summed E-state index contributed by atoms with van der Waals surface area (Å²) in [7, 11) is 0. The number of aryl methyl sites for hydroxylation is 1. The van der Waals surface area contributed by atoms with E-state index in [1.807, 2.05) is 34.9 Å². The topological polar surface area (TPSA) is 40.6 Å². The smallest absolute Gasteiger partial charge is 0.255 e. The highest BCUT2D eigenvalue weighted by molar-refractivity contribution is 9.10. The van der Waals surface area contributed by atoms with Crippen LogP contribution in [0.2, 0.25) is 0 Å². The van der Waals surface area contributed by atoms with Crippen molar-refractivity contribution in [3.63, 3.8) is 0 Å². The number of rotatable bonds is 1. The van der Waals surface area contributed by atoms with Crippen LogP contribution in [-0.2, 0) is 4.79 Å². The maximum atomic E-state index is 12.6. The lowest BCUT2D eigenvalue weighted by Crippen LogP contribution is -2.53. The molecule has 20 heavy (non-hydrogen) atoms. The van der Waals surface area contributed by atoms with Crippen molar-refractivity contribution in [2.45, 2.75) is 25.8 Å². The SMILES string of the molecule is Cc1ccc(C(=O)N2CCN3C(=O)CCC3C2)c(Br)c1.